The predicted octanol–water partition coefficient (Wildman–Crippen LogP) is 3.09. The number of sulfone groups is 1. The molecule has 2 amide bonds. The number of carbonyl (C=O) groups is 2. The normalized spacial score (nSPS) is 14.5. The summed E-state index contributed by atoms with van der Waals surface area (Å²) in [7, 11) is -3.36. The van der Waals surface area contributed by atoms with Gasteiger partial charge in [0.05, 0.1) is 16.6 Å². The molecule has 0 heterocycles. The Morgan fingerprint density at radius 1 is 0.931 bits per heavy atom. The lowest BCUT2D eigenvalue weighted by molar-refractivity contribution is -0.120. The number of amides is 2. The van der Waals surface area contributed by atoms with Gasteiger partial charge in [0.2, 0.25) is 11.8 Å². The molecule has 7 heteroatoms. The van der Waals surface area contributed by atoms with Crippen molar-refractivity contribution in [2.75, 3.05) is 11.9 Å². The Morgan fingerprint density at radius 3 is 2.38 bits per heavy atom. The molecule has 0 radical (unpaired) electrons. The fourth-order valence-electron chi connectivity index (χ4n) is 3.52. The highest BCUT2D eigenvalue weighted by molar-refractivity contribution is 7.92. The Morgan fingerprint density at radius 2 is 1.66 bits per heavy atom. The van der Waals surface area contributed by atoms with Crippen LogP contribution < -0.4 is 10.6 Å². The summed E-state index contributed by atoms with van der Waals surface area (Å²) in [6, 6.07) is 15.8. The fourth-order valence-corrected chi connectivity index (χ4v) is 5.42. The van der Waals surface area contributed by atoms with Gasteiger partial charge < -0.3 is 10.6 Å². The zero-order valence-corrected chi connectivity index (χ0v) is 17.1. The first-order valence-corrected chi connectivity index (χ1v) is 11.4. The van der Waals surface area contributed by atoms with E-state index in [2.05, 4.69) is 10.6 Å². The number of hydrogen-bond acceptors (Lipinski definition) is 4. The second-order valence-electron chi connectivity index (χ2n) is 7.29. The Kier molecular flexibility index (Phi) is 7.04. The van der Waals surface area contributed by atoms with Crippen LogP contribution in [0.2, 0.25) is 0 Å². The third kappa shape index (κ3) is 5.90. The first-order valence-electron chi connectivity index (χ1n) is 9.89. The highest BCUT2D eigenvalue weighted by Crippen LogP contribution is 2.30. The molecule has 1 saturated carbocycles. The summed E-state index contributed by atoms with van der Waals surface area (Å²) in [6.07, 6.45) is 3.65. The zero-order valence-electron chi connectivity index (χ0n) is 16.3. The van der Waals surface area contributed by atoms with Crippen LogP contribution in [0.4, 0.5) is 5.69 Å². The molecule has 0 spiro atoms. The van der Waals surface area contributed by atoms with Crippen LogP contribution in [-0.4, -0.2) is 32.0 Å². The largest absolute Gasteiger partial charge is 0.355 e. The van der Waals surface area contributed by atoms with E-state index in [1.165, 1.54) is 6.07 Å². The maximum Gasteiger partial charge on any atom is 0.226 e. The lowest BCUT2D eigenvalue weighted by Gasteiger charge is -2.13. The topological polar surface area (TPSA) is 92.3 Å². The van der Waals surface area contributed by atoms with Crippen LogP contribution in [0.5, 0.6) is 0 Å². The number of anilines is 1. The maximum absolute atomic E-state index is 12.7. The van der Waals surface area contributed by atoms with Crippen molar-refractivity contribution in [1.29, 1.82) is 0 Å². The second-order valence-corrected chi connectivity index (χ2v) is 9.52. The van der Waals surface area contributed by atoms with Gasteiger partial charge in [0.15, 0.2) is 9.84 Å². The van der Waals surface area contributed by atoms with E-state index in [4.69, 9.17) is 0 Å². The van der Waals surface area contributed by atoms with E-state index in [0.717, 1.165) is 18.4 Å². The first-order chi connectivity index (χ1) is 13.9. The minimum atomic E-state index is -3.36. The summed E-state index contributed by atoms with van der Waals surface area (Å²) in [4.78, 5) is 24.3. The van der Waals surface area contributed by atoms with E-state index in [1.807, 2.05) is 30.3 Å². The van der Waals surface area contributed by atoms with Crippen molar-refractivity contribution in [3.8, 4) is 0 Å². The van der Waals surface area contributed by atoms with Gasteiger partial charge in [-0.05, 0) is 36.6 Å². The molecular formula is C22H26N2O4S. The highest BCUT2D eigenvalue weighted by atomic mass is 32.2. The monoisotopic (exact) mass is 414 g/mol. The van der Waals surface area contributed by atoms with Gasteiger partial charge in [-0.3, -0.25) is 9.59 Å². The van der Waals surface area contributed by atoms with Crippen LogP contribution in [0.3, 0.4) is 0 Å². The average molecular weight is 415 g/mol. The van der Waals surface area contributed by atoms with Crippen molar-refractivity contribution in [2.45, 2.75) is 48.7 Å². The third-order valence-corrected chi connectivity index (χ3v) is 7.33. The van der Waals surface area contributed by atoms with Gasteiger partial charge in [0.1, 0.15) is 0 Å². The summed E-state index contributed by atoms with van der Waals surface area (Å²) in [5, 5.41) is 5.11. The van der Waals surface area contributed by atoms with Crippen molar-refractivity contribution < 1.29 is 18.0 Å². The highest BCUT2D eigenvalue weighted by Gasteiger charge is 2.30. The summed E-state index contributed by atoms with van der Waals surface area (Å²) < 4.78 is 25.4. The molecule has 29 heavy (non-hydrogen) atoms. The lowest BCUT2D eigenvalue weighted by Crippen LogP contribution is -2.28. The van der Waals surface area contributed by atoms with Crippen LogP contribution >= 0.6 is 0 Å². The Labute approximate surface area is 171 Å². The molecule has 0 aliphatic heterocycles. The number of nitrogens with one attached hydrogen (secondary N) is 2. The SMILES string of the molecule is O=C(Cc1ccccc1)NCCC(=O)Nc1cccc(S(=O)(=O)C2CCCC2)c1. The predicted molar refractivity (Wildman–Crippen MR) is 112 cm³/mol. The molecule has 2 aromatic carbocycles. The molecule has 1 fully saturated rings. The number of rotatable bonds is 8. The van der Waals surface area contributed by atoms with E-state index < -0.39 is 9.84 Å². The van der Waals surface area contributed by atoms with Crippen LogP contribution in [0.15, 0.2) is 59.5 Å². The molecule has 154 valence electrons. The minimum absolute atomic E-state index is 0.111. The molecule has 0 aromatic heterocycles. The molecule has 1 aliphatic rings. The summed E-state index contributed by atoms with van der Waals surface area (Å²) in [5.41, 5.74) is 1.36. The molecule has 0 unspecified atom stereocenters. The van der Waals surface area contributed by atoms with Crippen molar-refractivity contribution >= 4 is 27.3 Å². The van der Waals surface area contributed by atoms with Crippen LogP contribution in [-0.2, 0) is 25.8 Å². The standard InChI is InChI=1S/C22H26N2O4S/c25-21(13-14-23-22(26)15-17-7-2-1-3-8-17)24-18-9-6-12-20(16-18)29(27,28)19-10-4-5-11-19/h1-3,6-9,12,16,19H,4-5,10-11,13-15H2,(H,23,26)(H,24,25). The van der Waals surface area contributed by atoms with Crippen molar-refractivity contribution in [3.05, 3.63) is 60.2 Å². The van der Waals surface area contributed by atoms with Gasteiger partial charge in [-0.25, -0.2) is 8.42 Å². The van der Waals surface area contributed by atoms with E-state index >= 15 is 0 Å². The Balaban J connectivity index is 1.49. The number of benzene rings is 2. The minimum Gasteiger partial charge on any atom is -0.355 e. The van der Waals surface area contributed by atoms with E-state index in [-0.39, 0.29) is 41.3 Å². The van der Waals surface area contributed by atoms with Gasteiger partial charge in [-0.15, -0.1) is 0 Å². The first kappa shape index (κ1) is 21.0. The molecule has 2 aromatic rings. The van der Waals surface area contributed by atoms with Gasteiger partial charge in [0.25, 0.3) is 0 Å². The number of hydrogen-bond donors (Lipinski definition) is 2. The van der Waals surface area contributed by atoms with E-state index in [0.29, 0.717) is 18.5 Å². The van der Waals surface area contributed by atoms with E-state index in [9.17, 15) is 18.0 Å². The summed E-state index contributed by atoms with van der Waals surface area (Å²) in [6.45, 7) is 0.220. The average Bonchev–Trinajstić information content (AvgIpc) is 3.25. The van der Waals surface area contributed by atoms with Crippen LogP contribution in [0, 0.1) is 0 Å². The summed E-state index contributed by atoms with van der Waals surface area (Å²) >= 11 is 0. The van der Waals surface area contributed by atoms with Crippen molar-refractivity contribution in [2.24, 2.45) is 0 Å². The van der Waals surface area contributed by atoms with E-state index in [1.54, 1.807) is 18.2 Å². The van der Waals surface area contributed by atoms with Gasteiger partial charge >= 0.3 is 0 Å². The molecule has 0 bridgehead atoms. The number of carbonyl (C=O) groups excluding carboxylic acids is 2. The lowest BCUT2D eigenvalue weighted by atomic mass is 10.1. The van der Waals surface area contributed by atoms with Crippen molar-refractivity contribution in [1.82, 2.24) is 5.32 Å². The second kappa shape index (κ2) is 9.69. The fraction of sp³-hybridized carbons (Fsp3) is 0.364. The molecule has 0 saturated heterocycles. The molecular weight excluding hydrogens is 388 g/mol. The molecule has 0 atom stereocenters. The Hall–Kier alpha value is -2.67. The molecule has 1 aliphatic carbocycles. The van der Waals surface area contributed by atoms with Crippen LogP contribution in [0.1, 0.15) is 37.7 Å². The zero-order chi connectivity index (χ0) is 20.7. The third-order valence-electron chi connectivity index (χ3n) is 5.07. The van der Waals surface area contributed by atoms with Gasteiger partial charge in [0, 0.05) is 18.7 Å². The van der Waals surface area contributed by atoms with Gasteiger partial charge in [-0.1, -0.05) is 49.2 Å². The quantitative estimate of drug-likeness (QED) is 0.694. The molecule has 3 rings (SSSR count). The van der Waals surface area contributed by atoms with Crippen molar-refractivity contribution in [3.63, 3.8) is 0 Å². The molecule has 2 N–H and O–H groups in total. The Bertz CT molecular complexity index is 952. The smallest absolute Gasteiger partial charge is 0.226 e. The van der Waals surface area contributed by atoms with Crippen LogP contribution in [0.25, 0.3) is 0 Å². The maximum atomic E-state index is 12.7. The summed E-state index contributed by atoms with van der Waals surface area (Å²) in [5.74, 6) is -0.422. The molecule has 6 nitrogen and oxygen atoms in total. The van der Waals surface area contributed by atoms with Gasteiger partial charge in [-0.2, -0.15) is 0 Å².